The molecule has 0 aromatic carbocycles. The fraction of sp³-hybridized carbons (Fsp3) is 0.375. The molecular weight excluding hydrogens is 201 g/mol. The molecule has 0 spiro atoms. The number of hydrogen-bond donors (Lipinski definition) is 0. The standard InChI is InChI=1S/C8H9O.Y/c1-5-4-6(2)8(9)7(5)3;/h2H,4H2,1,3H3;/q-1;. The van der Waals surface area contributed by atoms with E-state index in [0.717, 1.165) is 11.1 Å². The van der Waals surface area contributed by atoms with Crippen molar-refractivity contribution >= 4 is 5.78 Å². The Morgan fingerprint density at radius 1 is 1.40 bits per heavy atom. The van der Waals surface area contributed by atoms with E-state index in [2.05, 4.69) is 0 Å². The van der Waals surface area contributed by atoms with Gasteiger partial charge < -0.3 is 4.79 Å². The van der Waals surface area contributed by atoms with Crippen molar-refractivity contribution in [2.45, 2.75) is 20.3 Å². The zero-order chi connectivity index (χ0) is 7.02. The average Bonchev–Trinajstić information content (AvgIpc) is 1.98. The Morgan fingerprint density at radius 3 is 2.00 bits per heavy atom. The van der Waals surface area contributed by atoms with Gasteiger partial charge in [0.25, 0.3) is 0 Å². The van der Waals surface area contributed by atoms with Crippen molar-refractivity contribution in [3.8, 4) is 0 Å². The maximum absolute atomic E-state index is 10.9. The molecule has 0 saturated carbocycles. The van der Waals surface area contributed by atoms with Crippen LogP contribution in [0.3, 0.4) is 0 Å². The van der Waals surface area contributed by atoms with Crippen LogP contribution in [0, 0.1) is 6.58 Å². The van der Waals surface area contributed by atoms with E-state index in [4.69, 9.17) is 6.58 Å². The second-order valence-electron chi connectivity index (χ2n) is 2.44. The molecule has 0 amide bonds. The molecule has 0 aromatic rings. The van der Waals surface area contributed by atoms with Crippen LogP contribution in [0.25, 0.3) is 0 Å². The fourth-order valence-electron chi connectivity index (χ4n) is 0.933. The first kappa shape index (κ1) is 10.3. The molecule has 0 atom stereocenters. The van der Waals surface area contributed by atoms with Gasteiger partial charge in [-0.1, -0.05) is 18.1 Å². The summed E-state index contributed by atoms with van der Waals surface area (Å²) in [5, 5.41) is 0. The Kier molecular flexibility index (Phi) is 3.68. The van der Waals surface area contributed by atoms with Gasteiger partial charge in [0.1, 0.15) is 0 Å². The van der Waals surface area contributed by atoms with Gasteiger partial charge in [-0.05, 0) is 13.3 Å². The summed E-state index contributed by atoms with van der Waals surface area (Å²) in [7, 11) is 0. The fourth-order valence-corrected chi connectivity index (χ4v) is 0.933. The molecule has 1 aliphatic rings. The topological polar surface area (TPSA) is 17.1 Å². The molecule has 0 unspecified atom stereocenters. The van der Waals surface area contributed by atoms with E-state index in [1.807, 2.05) is 13.8 Å². The molecule has 1 aliphatic carbocycles. The van der Waals surface area contributed by atoms with E-state index in [0.29, 0.717) is 12.0 Å². The summed E-state index contributed by atoms with van der Waals surface area (Å²) in [5.74, 6) is 0.0347. The van der Waals surface area contributed by atoms with E-state index in [1.165, 1.54) is 0 Å². The average molecular weight is 210 g/mol. The second-order valence-corrected chi connectivity index (χ2v) is 2.44. The Balaban J connectivity index is 0.000000810. The summed E-state index contributed by atoms with van der Waals surface area (Å²) in [6.07, 6.45) is 0.671. The van der Waals surface area contributed by atoms with Crippen LogP contribution in [0.2, 0.25) is 0 Å². The normalized spacial score (nSPS) is 17.8. The van der Waals surface area contributed by atoms with Gasteiger partial charge in [0, 0.05) is 38.5 Å². The van der Waals surface area contributed by atoms with E-state index in [9.17, 15) is 4.79 Å². The number of ketones is 1. The predicted octanol–water partition coefficient (Wildman–Crippen LogP) is 1.65. The van der Waals surface area contributed by atoms with Crippen molar-refractivity contribution in [2.24, 2.45) is 0 Å². The van der Waals surface area contributed by atoms with Crippen molar-refractivity contribution in [2.75, 3.05) is 0 Å². The van der Waals surface area contributed by atoms with Gasteiger partial charge in [0.2, 0.25) is 0 Å². The summed E-state index contributed by atoms with van der Waals surface area (Å²) < 4.78 is 0. The molecule has 2 heteroatoms. The van der Waals surface area contributed by atoms with Gasteiger partial charge in [-0.25, -0.2) is 0 Å². The van der Waals surface area contributed by atoms with Crippen molar-refractivity contribution in [1.29, 1.82) is 0 Å². The third kappa shape index (κ3) is 1.64. The van der Waals surface area contributed by atoms with Crippen LogP contribution in [-0.4, -0.2) is 5.78 Å². The number of Topliss-reactive ketones (excluding diaryl/α,β-unsaturated/α-hetero) is 1. The van der Waals surface area contributed by atoms with E-state index in [1.54, 1.807) is 0 Å². The molecule has 0 heterocycles. The number of rotatable bonds is 0. The van der Waals surface area contributed by atoms with Gasteiger partial charge in [-0.2, -0.15) is 5.57 Å². The van der Waals surface area contributed by atoms with Crippen LogP contribution < -0.4 is 0 Å². The summed E-state index contributed by atoms with van der Waals surface area (Å²) in [5.41, 5.74) is 2.43. The number of hydrogen-bond acceptors (Lipinski definition) is 1. The smallest absolute Gasteiger partial charge is 0.0278 e. The Hall–Kier alpha value is 0.254. The quantitative estimate of drug-likeness (QED) is 0.439. The Morgan fingerprint density at radius 2 is 1.90 bits per heavy atom. The van der Waals surface area contributed by atoms with Gasteiger partial charge in [-0.15, -0.1) is 0 Å². The van der Waals surface area contributed by atoms with E-state index >= 15 is 0 Å². The molecule has 0 bridgehead atoms. The van der Waals surface area contributed by atoms with Gasteiger partial charge in [-0.3, -0.25) is 6.58 Å². The second kappa shape index (κ2) is 3.59. The third-order valence-electron chi connectivity index (χ3n) is 1.73. The number of carbonyl (C=O) groups excluding carboxylic acids is 1. The SMILES string of the molecule is [CH-]=C1CC(C)=C(C)C1=O.[Y]. The van der Waals surface area contributed by atoms with Crippen LogP contribution in [0.5, 0.6) is 0 Å². The minimum absolute atomic E-state index is 0. The molecule has 0 aromatic heterocycles. The molecular formula is C8H9OY-. The predicted molar refractivity (Wildman–Crippen MR) is 35.8 cm³/mol. The Bertz CT molecular complexity index is 211. The van der Waals surface area contributed by atoms with Crippen molar-refractivity contribution in [1.82, 2.24) is 0 Å². The number of carbonyl (C=O) groups is 1. The van der Waals surface area contributed by atoms with E-state index < -0.39 is 0 Å². The summed E-state index contributed by atoms with van der Waals surface area (Å²) in [4.78, 5) is 10.9. The molecule has 0 saturated heterocycles. The summed E-state index contributed by atoms with van der Waals surface area (Å²) in [6, 6.07) is 0. The first-order valence-corrected chi connectivity index (χ1v) is 2.95. The molecule has 51 valence electrons. The van der Waals surface area contributed by atoms with Crippen molar-refractivity contribution in [3.63, 3.8) is 0 Å². The summed E-state index contributed by atoms with van der Waals surface area (Å²) in [6.45, 7) is 9.14. The van der Waals surface area contributed by atoms with Crippen LogP contribution in [0.1, 0.15) is 20.3 Å². The molecule has 10 heavy (non-hydrogen) atoms. The third-order valence-corrected chi connectivity index (χ3v) is 1.73. The maximum Gasteiger partial charge on any atom is 0.0278 e. The maximum atomic E-state index is 10.9. The van der Waals surface area contributed by atoms with Crippen molar-refractivity contribution in [3.05, 3.63) is 23.3 Å². The molecule has 1 nitrogen and oxygen atoms in total. The zero-order valence-corrected chi connectivity index (χ0v) is 9.11. The van der Waals surface area contributed by atoms with Gasteiger partial charge >= 0.3 is 0 Å². The van der Waals surface area contributed by atoms with Crippen LogP contribution in [0.4, 0.5) is 0 Å². The molecule has 0 fully saturated rings. The first-order valence-electron chi connectivity index (χ1n) is 2.95. The van der Waals surface area contributed by atoms with Crippen LogP contribution in [0.15, 0.2) is 16.7 Å². The zero-order valence-electron chi connectivity index (χ0n) is 6.27. The van der Waals surface area contributed by atoms with Gasteiger partial charge in [0.15, 0.2) is 0 Å². The number of allylic oxidation sites excluding steroid dienone is 3. The minimum Gasteiger partial charge on any atom is -0.402 e. The van der Waals surface area contributed by atoms with Crippen LogP contribution in [-0.2, 0) is 37.5 Å². The van der Waals surface area contributed by atoms with Crippen LogP contribution >= 0.6 is 0 Å². The van der Waals surface area contributed by atoms with Gasteiger partial charge in [0.05, 0.1) is 0 Å². The molecule has 0 aliphatic heterocycles. The first-order chi connectivity index (χ1) is 4.13. The van der Waals surface area contributed by atoms with E-state index in [-0.39, 0.29) is 38.5 Å². The molecule has 0 N–H and O–H groups in total. The monoisotopic (exact) mass is 210 g/mol. The minimum atomic E-state index is 0. The molecule has 1 radical (unpaired) electrons. The summed E-state index contributed by atoms with van der Waals surface area (Å²) >= 11 is 0. The van der Waals surface area contributed by atoms with Crippen molar-refractivity contribution < 1.29 is 37.5 Å². The molecule has 1 rings (SSSR count). The Labute approximate surface area is 86.5 Å². The largest absolute Gasteiger partial charge is 0.402 e.